The van der Waals surface area contributed by atoms with Crippen LogP contribution in [0.15, 0.2) is 32.6 Å². The number of ether oxygens (including phenoxy) is 1. The topological polar surface area (TPSA) is 80.8 Å². The third-order valence-corrected chi connectivity index (χ3v) is 7.09. The molecule has 1 fully saturated rings. The lowest BCUT2D eigenvalue weighted by molar-refractivity contribution is -0.113. The Morgan fingerprint density at radius 1 is 1.28 bits per heavy atom. The number of oxazole rings is 1. The molecule has 0 aliphatic carbocycles. The van der Waals surface area contributed by atoms with Gasteiger partial charge in [-0.1, -0.05) is 6.07 Å². The summed E-state index contributed by atoms with van der Waals surface area (Å²) < 4.78 is 11.9. The maximum Gasteiger partial charge on any atom is 0.286 e. The fourth-order valence-electron chi connectivity index (χ4n) is 4.37. The molecule has 0 saturated carbocycles. The predicted molar refractivity (Wildman–Crippen MR) is 110 cm³/mol. The van der Waals surface area contributed by atoms with Gasteiger partial charge in [0, 0.05) is 37.3 Å². The molecule has 0 N–H and O–H groups in total. The highest BCUT2D eigenvalue weighted by molar-refractivity contribution is 8.18. The Hall–Kier alpha value is -2.45. The third-order valence-electron chi connectivity index (χ3n) is 5.88. The Balaban J connectivity index is 1.33. The average molecular weight is 410 g/mol. The van der Waals surface area contributed by atoms with Gasteiger partial charge in [-0.3, -0.25) is 9.78 Å². The number of hydrogen-bond acceptors (Lipinski definition) is 7. The number of carbonyl (C=O) groups is 1. The van der Waals surface area contributed by atoms with E-state index in [2.05, 4.69) is 25.9 Å². The lowest BCUT2D eigenvalue weighted by Crippen LogP contribution is -2.44. The summed E-state index contributed by atoms with van der Waals surface area (Å²) in [7, 11) is 0. The Labute approximate surface area is 173 Å². The number of hydrogen-bond donors (Lipinski definition) is 0. The number of nitrogens with zero attached hydrogens (tertiary/aromatic N) is 4. The van der Waals surface area contributed by atoms with Gasteiger partial charge in [-0.25, -0.2) is 4.98 Å². The Morgan fingerprint density at radius 2 is 2.07 bits per heavy atom. The maximum absolute atomic E-state index is 12.6. The number of aryl methyl sites for hydroxylation is 2. The number of carbonyl (C=O) groups excluding carboxylic acids is 1. The Bertz CT molecular complexity index is 1060. The number of amides is 1. The van der Waals surface area contributed by atoms with E-state index in [-0.39, 0.29) is 11.5 Å². The van der Waals surface area contributed by atoms with Gasteiger partial charge >= 0.3 is 0 Å². The van der Waals surface area contributed by atoms with Gasteiger partial charge in [-0.2, -0.15) is 4.99 Å². The quantitative estimate of drug-likeness (QED) is 0.665. The standard InChI is InChI=1S/C21H22N4O3S/c1-12(17-13(2)23-14(3)28-17)18-19(26)24-20(29-18)25-9-6-21(7-10-25)15-5-4-8-22-16(15)11-27-21/h4-5,8H,6-7,9-11H2,1-3H3/b18-12-. The summed E-state index contributed by atoms with van der Waals surface area (Å²) in [6, 6.07) is 4.10. The minimum Gasteiger partial charge on any atom is -0.441 e. The zero-order chi connectivity index (χ0) is 20.2. The Kier molecular flexibility index (Phi) is 4.36. The van der Waals surface area contributed by atoms with E-state index < -0.39 is 0 Å². The van der Waals surface area contributed by atoms with Crippen molar-refractivity contribution in [1.82, 2.24) is 14.9 Å². The fourth-order valence-corrected chi connectivity index (χ4v) is 5.38. The molecular weight excluding hydrogens is 388 g/mol. The Morgan fingerprint density at radius 3 is 2.79 bits per heavy atom. The van der Waals surface area contributed by atoms with Crippen LogP contribution in [0.3, 0.4) is 0 Å². The first-order chi connectivity index (χ1) is 14.0. The molecule has 3 aliphatic heterocycles. The summed E-state index contributed by atoms with van der Waals surface area (Å²) in [6.45, 7) is 7.75. The molecule has 0 aromatic carbocycles. The lowest BCUT2D eigenvalue weighted by atomic mass is 9.85. The predicted octanol–water partition coefficient (Wildman–Crippen LogP) is 3.57. The third kappa shape index (κ3) is 3.02. The summed E-state index contributed by atoms with van der Waals surface area (Å²) in [5.74, 6) is 1.06. The molecule has 1 amide bonds. The van der Waals surface area contributed by atoms with Crippen LogP contribution in [0.2, 0.25) is 0 Å². The van der Waals surface area contributed by atoms with Crippen LogP contribution >= 0.6 is 11.8 Å². The van der Waals surface area contributed by atoms with Gasteiger partial charge in [0.2, 0.25) is 0 Å². The van der Waals surface area contributed by atoms with Crippen molar-refractivity contribution in [3.8, 4) is 0 Å². The van der Waals surface area contributed by atoms with Crippen molar-refractivity contribution in [2.24, 2.45) is 4.99 Å². The number of thioether (sulfide) groups is 1. The van der Waals surface area contributed by atoms with Crippen LogP contribution in [0.4, 0.5) is 0 Å². The number of amidine groups is 1. The second-order valence-corrected chi connectivity index (χ2v) is 8.65. The van der Waals surface area contributed by atoms with E-state index in [1.807, 2.05) is 33.0 Å². The number of piperidine rings is 1. The van der Waals surface area contributed by atoms with Crippen molar-refractivity contribution < 1.29 is 13.9 Å². The van der Waals surface area contributed by atoms with Crippen LogP contribution in [0.25, 0.3) is 5.57 Å². The molecule has 0 bridgehead atoms. The van der Waals surface area contributed by atoms with Crippen molar-refractivity contribution in [2.45, 2.75) is 45.8 Å². The number of aliphatic imine (C=N–C) groups is 1. The zero-order valence-electron chi connectivity index (χ0n) is 16.7. The van der Waals surface area contributed by atoms with E-state index >= 15 is 0 Å². The van der Waals surface area contributed by atoms with E-state index in [9.17, 15) is 4.79 Å². The van der Waals surface area contributed by atoms with E-state index in [0.29, 0.717) is 23.2 Å². The fraction of sp³-hybridized carbons (Fsp3) is 0.429. The number of pyridine rings is 1. The number of allylic oxidation sites excluding steroid dienone is 1. The normalized spacial score (nSPS) is 22.2. The molecule has 5 rings (SSSR count). The van der Waals surface area contributed by atoms with Gasteiger partial charge in [0.05, 0.1) is 28.5 Å². The molecule has 0 unspecified atom stereocenters. The number of likely N-dealkylation sites (tertiary alicyclic amines) is 1. The van der Waals surface area contributed by atoms with Gasteiger partial charge in [-0.15, -0.1) is 0 Å². The van der Waals surface area contributed by atoms with Gasteiger partial charge in [0.15, 0.2) is 16.8 Å². The molecule has 0 radical (unpaired) electrons. The molecule has 0 atom stereocenters. The monoisotopic (exact) mass is 410 g/mol. The molecule has 5 heterocycles. The average Bonchev–Trinajstić information content (AvgIpc) is 3.38. The van der Waals surface area contributed by atoms with Crippen molar-refractivity contribution in [3.63, 3.8) is 0 Å². The second kappa shape index (κ2) is 6.81. The van der Waals surface area contributed by atoms with E-state index in [0.717, 1.165) is 48.1 Å². The zero-order valence-corrected chi connectivity index (χ0v) is 17.5. The summed E-state index contributed by atoms with van der Waals surface area (Å²) in [6.07, 6.45) is 3.54. The van der Waals surface area contributed by atoms with Gasteiger partial charge < -0.3 is 14.1 Å². The van der Waals surface area contributed by atoms with Gasteiger partial charge in [0.1, 0.15) is 0 Å². The van der Waals surface area contributed by atoms with Crippen molar-refractivity contribution in [1.29, 1.82) is 0 Å². The van der Waals surface area contributed by atoms with E-state index in [1.165, 1.54) is 17.3 Å². The van der Waals surface area contributed by atoms with Crippen LogP contribution in [-0.2, 0) is 21.7 Å². The lowest BCUT2D eigenvalue weighted by Gasteiger charge is -2.39. The maximum atomic E-state index is 12.6. The molecular formula is C21H22N4O3S. The molecule has 1 spiro atoms. The highest BCUT2D eigenvalue weighted by atomic mass is 32.2. The first-order valence-corrected chi connectivity index (χ1v) is 10.6. The second-order valence-electron chi connectivity index (χ2n) is 7.67. The highest BCUT2D eigenvalue weighted by Gasteiger charge is 2.44. The number of fused-ring (bicyclic) bond motifs is 2. The van der Waals surface area contributed by atoms with Crippen LogP contribution in [0.1, 0.15) is 48.4 Å². The van der Waals surface area contributed by atoms with Crippen LogP contribution < -0.4 is 0 Å². The number of rotatable bonds is 1. The van der Waals surface area contributed by atoms with Crippen LogP contribution in [0.5, 0.6) is 0 Å². The van der Waals surface area contributed by atoms with E-state index in [4.69, 9.17) is 9.15 Å². The molecule has 8 heteroatoms. The smallest absolute Gasteiger partial charge is 0.286 e. The minimum absolute atomic E-state index is 0.206. The summed E-state index contributed by atoms with van der Waals surface area (Å²) >= 11 is 1.43. The number of aromatic nitrogens is 2. The van der Waals surface area contributed by atoms with Crippen molar-refractivity contribution in [2.75, 3.05) is 13.1 Å². The van der Waals surface area contributed by atoms with Crippen LogP contribution in [-0.4, -0.2) is 39.0 Å². The molecule has 1 saturated heterocycles. The summed E-state index contributed by atoms with van der Waals surface area (Å²) in [4.78, 5) is 28.5. The largest absolute Gasteiger partial charge is 0.441 e. The molecule has 150 valence electrons. The molecule has 2 aromatic heterocycles. The first kappa shape index (κ1) is 18.6. The van der Waals surface area contributed by atoms with Crippen molar-refractivity contribution in [3.05, 3.63) is 51.8 Å². The SMILES string of the molecule is C/C(=C1/SC(N2CCC3(CC2)OCc2ncccc23)=NC1=O)c1oc(C)nc1C. The minimum atomic E-state index is -0.253. The first-order valence-electron chi connectivity index (χ1n) is 9.76. The molecule has 29 heavy (non-hydrogen) atoms. The molecule has 7 nitrogen and oxygen atoms in total. The van der Waals surface area contributed by atoms with Crippen molar-refractivity contribution >= 4 is 28.4 Å². The highest BCUT2D eigenvalue weighted by Crippen LogP contribution is 2.44. The van der Waals surface area contributed by atoms with Crippen LogP contribution in [0, 0.1) is 13.8 Å². The van der Waals surface area contributed by atoms with E-state index in [1.54, 1.807) is 0 Å². The van der Waals surface area contributed by atoms with Gasteiger partial charge in [-0.05, 0) is 44.5 Å². The molecule has 3 aliphatic rings. The summed E-state index contributed by atoms with van der Waals surface area (Å²) in [5.41, 5.74) is 3.59. The molecule has 2 aromatic rings. The van der Waals surface area contributed by atoms with Gasteiger partial charge in [0.25, 0.3) is 5.91 Å². The summed E-state index contributed by atoms with van der Waals surface area (Å²) in [5, 5.41) is 0.762.